The molecule has 3 nitrogen and oxygen atoms in total. The number of hydrogen-bond donors (Lipinski definition) is 1. The molecular formula is C20H23N3. The van der Waals surface area contributed by atoms with E-state index in [2.05, 4.69) is 60.0 Å². The van der Waals surface area contributed by atoms with Gasteiger partial charge in [0.25, 0.3) is 0 Å². The molecule has 3 aromatic rings. The minimum atomic E-state index is 0.375. The van der Waals surface area contributed by atoms with Gasteiger partial charge in [0.05, 0.1) is 17.7 Å². The van der Waals surface area contributed by atoms with Gasteiger partial charge < -0.3 is 10.3 Å². The molecule has 1 aromatic heterocycles. The predicted octanol–water partition coefficient (Wildman–Crippen LogP) is 4.52. The van der Waals surface area contributed by atoms with Crippen LogP contribution in [-0.2, 0) is 0 Å². The fraction of sp³-hybridized carbons (Fsp3) is 0.250. The maximum absolute atomic E-state index is 5.82. The zero-order valence-corrected chi connectivity index (χ0v) is 13.5. The van der Waals surface area contributed by atoms with Crippen LogP contribution in [0.15, 0.2) is 67.0 Å². The van der Waals surface area contributed by atoms with Gasteiger partial charge in [0.15, 0.2) is 0 Å². The summed E-state index contributed by atoms with van der Waals surface area (Å²) >= 11 is 0. The summed E-state index contributed by atoms with van der Waals surface area (Å²) in [7, 11) is 0. The van der Waals surface area contributed by atoms with Gasteiger partial charge in [-0.3, -0.25) is 0 Å². The largest absolute Gasteiger partial charge is 0.330 e. The van der Waals surface area contributed by atoms with Gasteiger partial charge in [0.2, 0.25) is 0 Å². The molecule has 3 rings (SSSR count). The van der Waals surface area contributed by atoms with E-state index in [1.807, 2.05) is 18.5 Å². The maximum atomic E-state index is 5.82. The predicted molar refractivity (Wildman–Crippen MR) is 96.1 cm³/mol. The first-order valence-corrected chi connectivity index (χ1v) is 8.23. The van der Waals surface area contributed by atoms with E-state index in [1.54, 1.807) is 0 Å². The van der Waals surface area contributed by atoms with Crippen molar-refractivity contribution in [2.45, 2.75) is 25.8 Å². The Labute approximate surface area is 137 Å². The molecule has 0 fully saturated rings. The number of rotatable bonds is 6. The standard InChI is InChI=1S/C20H23N3/c1-2-18(13-14-21)23-15-22-19(16-9-5-3-6-10-16)20(23)17-11-7-4-8-12-17/h3-12,15,18H,2,13-14,21H2,1H3. The molecule has 0 aliphatic heterocycles. The van der Waals surface area contributed by atoms with Crippen molar-refractivity contribution in [1.29, 1.82) is 0 Å². The van der Waals surface area contributed by atoms with E-state index >= 15 is 0 Å². The molecule has 0 radical (unpaired) electrons. The number of nitrogens with zero attached hydrogens (tertiary/aromatic N) is 2. The van der Waals surface area contributed by atoms with Crippen molar-refractivity contribution in [3.8, 4) is 22.5 Å². The molecule has 0 spiro atoms. The third-order valence-corrected chi connectivity index (χ3v) is 4.25. The normalized spacial score (nSPS) is 12.3. The molecule has 0 aliphatic carbocycles. The summed E-state index contributed by atoms with van der Waals surface area (Å²) in [4.78, 5) is 4.74. The Hall–Kier alpha value is -2.39. The van der Waals surface area contributed by atoms with Gasteiger partial charge in [-0.1, -0.05) is 67.6 Å². The van der Waals surface area contributed by atoms with Crippen LogP contribution in [0.2, 0.25) is 0 Å². The van der Waals surface area contributed by atoms with Crippen LogP contribution in [0.4, 0.5) is 0 Å². The zero-order chi connectivity index (χ0) is 16.1. The Balaban J connectivity index is 2.16. The van der Waals surface area contributed by atoms with Crippen LogP contribution in [-0.4, -0.2) is 16.1 Å². The lowest BCUT2D eigenvalue weighted by molar-refractivity contribution is 0.462. The molecule has 0 aliphatic rings. The highest BCUT2D eigenvalue weighted by atomic mass is 15.1. The van der Waals surface area contributed by atoms with E-state index in [4.69, 9.17) is 10.7 Å². The van der Waals surface area contributed by atoms with Crippen molar-refractivity contribution in [2.75, 3.05) is 6.54 Å². The molecule has 1 heterocycles. The smallest absolute Gasteiger partial charge is 0.0963 e. The lowest BCUT2D eigenvalue weighted by atomic mass is 10.0. The first-order valence-electron chi connectivity index (χ1n) is 8.23. The monoisotopic (exact) mass is 305 g/mol. The summed E-state index contributed by atoms with van der Waals surface area (Å²) in [5, 5.41) is 0. The minimum absolute atomic E-state index is 0.375. The summed E-state index contributed by atoms with van der Waals surface area (Å²) in [6.07, 6.45) is 3.97. The fourth-order valence-corrected chi connectivity index (χ4v) is 3.06. The molecule has 0 saturated heterocycles. The van der Waals surface area contributed by atoms with E-state index in [-0.39, 0.29) is 0 Å². The molecule has 0 bridgehead atoms. The van der Waals surface area contributed by atoms with Gasteiger partial charge in [0.1, 0.15) is 0 Å². The molecule has 2 aromatic carbocycles. The van der Waals surface area contributed by atoms with Crippen molar-refractivity contribution in [3.05, 3.63) is 67.0 Å². The highest BCUT2D eigenvalue weighted by molar-refractivity contribution is 5.78. The van der Waals surface area contributed by atoms with E-state index in [0.717, 1.165) is 24.1 Å². The van der Waals surface area contributed by atoms with Crippen LogP contribution in [0.25, 0.3) is 22.5 Å². The second-order valence-electron chi connectivity index (χ2n) is 5.72. The molecule has 23 heavy (non-hydrogen) atoms. The van der Waals surface area contributed by atoms with Crippen molar-refractivity contribution in [2.24, 2.45) is 5.73 Å². The van der Waals surface area contributed by atoms with Gasteiger partial charge in [-0.05, 0) is 19.4 Å². The van der Waals surface area contributed by atoms with Gasteiger partial charge in [0, 0.05) is 17.2 Å². The Morgan fingerprint density at radius 1 is 0.957 bits per heavy atom. The van der Waals surface area contributed by atoms with E-state index in [1.165, 1.54) is 11.3 Å². The van der Waals surface area contributed by atoms with Crippen molar-refractivity contribution >= 4 is 0 Å². The lowest BCUT2D eigenvalue weighted by Crippen LogP contribution is -2.13. The molecule has 2 N–H and O–H groups in total. The third-order valence-electron chi connectivity index (χ3n) is 4.25. The molecular weight excluding hydrogens is 282 g/mol. The Kier molecular flexibility index (Phi) is 4.89. The number of aromatic nitrogens is 2. The first-order chi connectivity index (χ1) is 11.3. The second-order valence-corrected chi connectivity index (χ2v) is 5.72. The minimum Gasteiger partial charge on any atom is -0.330 e. The van der Waals surface area contributed by atoms with Crippen LogP contribution in [0.1, 0.15) is 25.8 Å². The van der Waals surface area contributed by atoms with Crippen LogP contribution < -0.4 is 5.73 Å². The maximum Gasteiger partial charge on any atom is 0.0963 e. The highest BCUT2D eigenvalue weighted by Crippen LogP contribution is 2.34. The highest BCUT2D eigenvalue weighted by Gasteiger charge is 2.19. The van der Waals surface area contributed by atoms with Crippen LogP contribution >= 0.6 is 0 Å². The third kappa shape index (κ3) is 3.20. The summed E-state index contributed by atoms with van der Waals surface area (Å²) in [5.41, 5.74) is 10.4. The molecule has 118 valence electrons. The molecule has 0 saturated carbocycles. The average Bonchev–Trinajstić information content (AvgIpc) is 3.06. The molecule has 1 unspecified atom stereocenters. The van der Waals surface area contributed by atoms with Gasteiger partial charge in [-0.2, -0.15) is 0 Å². The Morgan fingerprint density at radius 2 is 1.57 bits per heavy atom. The number of imidazole rings is 1. The van der Waals surface area contributed by atoms with Crippen molar-refractivity contribution in [3.63, 3.8) is 0 Å². The SMILES string of the molecule is CCC(CCN)n1cnc(-c2ccccc2)c1-c1ccccc1. The lowest BCUT2D eigenvalue weighted by Gasteiger charge is -2.19. The van der Waals surface area contributed by atoms with Gasteiger partial charge in [-0.25, -0.2) is 4.98 Å². The Morgan fingerprint density at radius 3 is 2.13 bits per heavy atom. The molecule has 3 heteroatoms. The van der Waals surface area contributed by atoms with E-state index < -0.39 is 0 Å². The summed E-state index contributed by atoms with van der Waals surface area (Å²) in [6, 6.07) is 21.2. The van der Waals surface area contributed by atoms with E-state index in [9.17, 15) is 0 Å². The fourth-order valence-electron chi connectivity index (χ4n) is 3.06. The van der Waals surface area contributed by atoms with Gasteiger partial charge in [-0.15, -0.1) is 0 Å². The molecule has 1 atom stereocenters. The number of benzene rings is 2. The van der Waals surface area contributed by atoms with Gasteiger partial charge >= 0.3 is 0 Å². The molecule has 0 amide bonds. The zero-order valence-electron chi connectivity index (χ0n) is 13.5. The summed E-state index contributed by atoms with van der Waals surface area (Å²) in [6.45, 7) is 2.89. The average molecular weight is 305 g/mol. The van der Waals surface area contributed by atoms with Crippen LogP contribution in [0, 0.1) is 0 Å². The summed E-state index contributed by atoms with van der Waals surface area (Å²) in [5.74, 6) is 0. The number of nitrogens with two attached hydrogens (primary N) is 1. The summed E-state index contributed by atoms with van der Waals surface area (Å²) < 4.78 is 2.30. The van der Waals surface area contributed by atoms with E-state index in [0.29, 0.717) is 12.6 Å². The second kappa shape index (κ2) is 7.25. The van der Waals surface area contributed by atoms with Crippen LogP contribution in [0.3, 0.4) is 0 Å². The quantitative estimate of drug-likeness (QED) is 0.728. The van der Waals surface area contributed by atoms with Crippen molar-refractivity contribution in [1.82, 2.24) is 9.55 Å². The number of hydrogen-bond acceptors (Lipinski definition) is 2. The topological polar surface area (TPSA) is 43.8 Å². The van der Waals surface area contributed by atoms with Crippen LogP contribution in [0.5, 0.6) is 0 Å². The Bertz CT molecular complexity index is 732. The first kappa shape index (κ1) is 15.5. The van der Waals surface area contributed by atoms with Crippen molar-refractivity contribution < 1.29 is 0 Å².